The first-order chi connectivity index (χ1) is 10.8. The molecule has 3 aromatic rings. The topological polar surface area (TPSA) is 82.5 Å². The molecule has 0 saturated heterocycles. The maximum absolute atomic E-state index is 5.88. The molecular weight excluding hydrogens is 316 g/mol. The Morgan fingerprint density at radius 1 is 1.17 bits per heavy atom. The molecule has 1 atom stereocenters. The van der Waals surface area contributed by atoms with Crippen molar-refractivity contribution in [2.45, 2.75) is 39.2 Å². The van der Waals surface area contributed by atoms with Crippen LogP contribution in [-0.4, -0.2) is 30.3 Å². The highest BCUT2D eigenvalue weighted by Crippen LogP contribution is 2.23. The molecule has 8 heteroatoms. The van der Waals surface area contributed by atoms with E-state index in [1.807, 2.05) is 39.8 Å². The van der Waals surface area contributed by atoms with E-state index in [0.717, 1.165) is 5.56 Å². The largest absolute Gasteiger partial charge is 0.337 e. The third-order valence-electron chi connectivity index (χ3n) is 3.35. The number of hydrogen-bond acceptors (Lipinski definition) is 6. The van der Waals surface area contributed by atoms with Crippen molar-refractivity contribution in [2.24, 2.45) is 0 Å². The molecule has 3 rings (SSSR count). The van der Waals surface area contributed by atoms with Gasteiger partial charge in [-0.3, -0.25) is 0 Å². The molecule has 0 amide bonds. The van der Waals surface area contributed by atoms with Gasteiger partial charge in [0.2, 0.25) is 5.82 Å². The fourth-order valence-corrected chi connectivity index (χ4v) is 2.04. The summed E-state index contributed by atoms with van der Waals surface area (Å²) in [5.74, 6) is 1.62. The van der Waals surface area contributed by atoms with Gasteiger partial charge in [0, 0.05) is 16.0 Å². The van der Waals surface area contributed by atoms with Crippen LogP contribution < -0.4 is 0 Å². The van der Waals surface area contributed by atoms with Gasteiger partial charge in [-0.15, -0.1) is 10.2 Å². The van der Waals surface area contributed by atoms with Crippen molar-refractivity contribution in [2.75, 3.05) is 0 Å². The molecule has 23 heavy (non-hydrogen) atoms. The molecule has 2 heterocycles. The molecule has 0 N–H and O–H groups in total. The SMILES string of the molecule is C[C@H](c1nc(C(C)(C)C)no1)n1nnc(-c2ccc(Cl)cc2)n1. The summed E-state index contributed by atoms with van der Waals surface area (Å²) >= 11 is 5.88. The molecule has 2 aromatic heterocycles. The van der Waals surface area contributed by atoms with Gasteiger partial charge < -0.3 is 4.52 Å². The Kier molecular flexibility index (Phi) is 3.89. The van der Waals surface area contributed by atoms with Gasteiger partial charge in [0.05, 0.1) is 0 Å². The van der Waals surface area contributed by atoms with Gasteiger partial charge in [0.15, 0.2) is 5.82 Å². The Hall–Kier alpha value is -2.28. The molecule has 0 aliphatic rings. The van der Waals surface area contributed by atoms with Crippen LogP contribution in [0, 0.1) is 0 Å². The summed E-state index contributed by atoms with van der Waals surface area (Å²) in [6, 6.07) is 6.97. The number of hydrogen-bond donors (Lipinski definition) is 0. The quantitative estimate of drug-likeness (QED) is 0.732. The van der Waals surface area contributed by atoms with E-state index < -0.39 is 0 Å². The van der Waals surface area contributed by atoms with Crippen molar-refractivity contribution < 1.29 is 4.52 Å². The lowest BCUT2D eigenvalue weighted by Gasteiger charge is -2.11. The van der Waals surface area contributed by atoms with Crippen molar-refractivity contribution in [3.05, 3.63) is 41.0 Å². The molecule has 120 valence electrons. The molecule has 0 aliphatic heterocycles. The van der Waals surface area contributed by atoms with Gasteiger partial charge in [0.1, 0.15) is 6.04 Å². The first kappa shape index (κ1) is 15.6. The summed E-state index contributed by atoms with van der Waals surface area (Å²) in [6.45, 7) is 7.96. The van der Waals surface area contributed by atoms with Crippen molar-refractivity contribution >= 4 is 11.6 Å². The van der Waals surface area contributed by atoms with E-state index in [1.54, 1.807) is 12.1 Å². The molecule has 0 radical (unpaired) electrons. The van der Waals surface area contributed by atoms with Crippen molar-refractivity contribution in [3.63, 3.8) is 0 Å². The van der Waals surface area contributed by atoms with Gasteiger partial charge in [-0.1, -0.05) is 37.5 Å². The summed E-state index contributed by atoms with van der Waals surface area (Å²) in [6.07, 6.45) is 0. The highest BCUT2D eigenvalue weighted by molar-refractivity contribution is 6.30. The van der Waals surface area contributed by atoms with E-state index in [4.69, 9.17) is 16.1 Å². The highest BCUT2D eigenvalue weighted by Gasteiger charge is 2.25. The van der Waals surface area contributed by atoms with Crippen LogP contribution in [0.25, 0.3) is 11.4 Å². The van der Waals surface area contributed by atoms with E-state index in [9.17, 15) is 0 Å². The zero-order valence-electron chi connectivity index (χ0n) is 13.4. The first-order valence-electron chi connectivity index (χ1n) is 7.24. The molecule has 0 fully saturated rings. The van der Waals surface area contributed by atoms with E-state index in [0.29, 0.717) is 22.6 Å². The minimum Gasteiger partial charge on any atom is -0.337 e. The second-order valence-corrected chi connectivity index (χ2v) is 6.76. The normalized spacial score (nSPS) is 13.3. The van der Waals surface area contributed by atoms with Crippen LogP contribution in [0.3, 0.4) is 0 Å². The van der Waals surface area contributed by atoms with Crippen LogP contribution in [0.5, 0.6) is 0 Å². The van der Waals surface area contributed by atoms with Gasteiger partial charge in [-0.2, -0.15) is 9.78 Å². The third-order valence-corrected chi connectivity index (χ3v) is 3.60. The number of rotatable bonds is 3. The second kappa shape index (κ2) is 5.73. The van der Waals surface area contributed by atoms with Crippen molar-refractivity contribution in [1.29, 1.82) is 0 Å². The zero-order valence-corrected chi connectivity index (χ0v) is 14.1. The fraction of sp³-hybridized carbons (Fsp3) is 0.400. The molecule has 0 saturated carbocycles. The minimum absolute atomic E-state index is 0.175. The molecule has 1 aromatic carbocycles. The van der Waals surface area contributed by atoms with Crippen LogP contribution in [0.1, 0.15) is 45.5 Å². The van der Waals surface area contributed by atoms with E-state index in [1.165, 1.54) is 4.80 Å². The summed E-state index contributed by atoms with van der Waals surface area (Å²) in [5, 5.41) is 17.2. The van der Waals surface area contributed by atoms with Crippen LogP contribution >= 0.6 is 11.6 Å². The predicted octanol–water partition coefficient (Wildman–Crippen LogP) is 3.28. The monoisotopic (exact) mass is 332 g/mol. The van der Waals surface area contributed by atoms with Crippen molar-refractivity contribution in [3.8, 4) is 11.4 Å². The third kappa shape index (κ3) is 3.24. The maximum atomic E-state index is 5.88. The summed E-state index contributed by atoms with van der Waals surface area (Å²) in [5.41, 5.74) is 0.667. The van der Waals surface area contributed by atoms with Crippen LogP contribution in [0.15, 0.2) is 28.8 Å². The first-order valence-corrected chi connectivity index (χ1v) is 7.62. The molecule has 0 bridgehead atoms. The number of benzene rings is 1. The Morgan fingerprint density at radius 3 is 2.48 bits per heavy atom. The molecule has 0 spiro atoms. The maximum Gasteiger partial charge on any atom is 0.253 e. The van der Waals surface area contributed by atoms with Gasteiger partial charge in [0.25, 0.3) is 5.89 Å². The second-order valence-electron chi connectivity index (χ2n) is 6.32. The number of tetrazole rings is 1. The smallest absolute Gasteiger partial charge is 0.253 e. The van der Waals surface area contributed by atoms with E-state index in [-0.39, 0.29) is 11.5 Å². The van der Waals surface area contributed by atoms with Gasteiger partial charge in [-0.25, -0.2) is 0 Å². The van der Waals surface area contributed by atoms with Crippen LogP contribution in [-0.2, 0) is 5.41 Å². The summed E-state index contributed by atoms with van der Waals surface area (Å²) in [7, 11) is 0. The summed E-state index contributed by atoms with van der Waals surface area (Å²) < 4.78 is 5.33. The zero-order chi connectivity index (χ0) is 16.6. The summed E-state index contributed by atoms with van der Waals surface area (Å²) in [4.78, 5) is 5.89. The van der Waals surface area contributed by atoms with E-state index in [2.05, 4.69) is 25.6 Å². The average Bonchev–Trinajstić information content (AvgIpc) is 3.16. The number of aromatic nitrogens is 6. The van der Waals surface area contributed by atoms with Gasteiger partial charge >= 0.3 is 0 Å². The average molecular weight is 333 g/mol. The van der Waals surface area contributed by atoms with Crippen molar-refractivity contribution in [1.82, 2.24) is 30.3 Å². The lowest BCUT2D eigenvalue weighted by atomic mass is 9.96. The van der Waals surface area contributed by atoms with Gasteiger partial charge in [-0.05, 0) is 36.4 Å². The minimum atomic E-state index is -0.299. The van der Waals surface area contributed by atoms with Crippen LogP contribution in [0.4, 0.5) is 0 Å². The van der Waals surface area contributed by atoms with Crippen LogP contribution in [0.2, 0.25) is 5.02 Å². The number of nitrogens with zero attached hydrogens (tertiary/aromatic N) is 6. The predicted molar refractivity (Wildman–Crippen MR) is 85.1 cm³/mol. The molecule has 7 nitrogen and oxygen atoms in total. The molecule has 0 aliphatic carbocycles. The lowest BCUT2D eigenvalue weighted by Crippen LogP contribution is -2.15. The number of halogens is 1. The lowest BCUT2D eigenvalue weighted by molar-refractivity contribution is 0.315. The Balaban J connectivity index is 1.85. The fourth-order valence-electron chi connectivity index (χ4n) is 1.91. The Labute approximate surface area is 138 Å². The standard InChI is InChI=1S/C15H17ClN6O/c1-9(13-17-14(20-23-13)15(2,3)4)22-19-12(18-21-22)10-5-7-11(16)8-6-10/h5-9H,1-4H3/t9-/m1/s1. The Bertz CT molecular complexity index is 802. The molecular formula is C15H17ClN6O. The van der Waals surface area contributed by atoms with E-state index >= 15 is 0 Å². The highest BCUT2D eigenvalue weighted by atomic mass is 35.5. The molecule has 0 unspecified atom stereocenters. The Morgan fingerprint density at radius 2 is 1.87 bits per heavy atom.